The molecule has 1 saturated heterocycles. The Bertz CT molecular complexity index is 1330. The monoisotopic (exact) mass is 501 g/mol. The summed E-state index contributed by atoms with van der Waals surface area (Å²) in [5.74, 6) is -0.624. The van der Waals surface area contributed by atoms with Crippen LogP contribution in [-0.2, 0) is 27.2 Å². The second-order valence-electron chi connectivity index (χ2n) is 9.80. The maximum absolute atomic E-state index is 13.0. The number of para-hydroxylation sites is 1. The Balaban J connectivity index is 1.17. The van der Waals surface area contributed by atoms with Gasteiger partial charge in [0.05, 0.1) is 24.5 Å². The summed E-state index contributed by atoms with van der Waals surface area (Å²) in [7, 11) is 0. The van der Waals surface area contributed by atoms with Crippen LogP contribution in [-0.4, -0.2) is 57.4 Å². The van der Waals surface area contributed by atoms with Crippen molar-refractivity contribution in [3.63, 3.8) is 0 Å². The maximum Gasteiger partial charge on any atom is 0.305 e. The van der Waals surface area contributed by atoms with Gasteiger partial charge in [0.1, 0.15) is 5.82 Å². The van der Waals surface area contributed by atoms with Crippen LogP contribution >= 0.6 is 0 Å². The quantitative estimate of drug-likeness (QED) is 0.411. The molecule has 192 valence electrons. The Morgan fingerprint density at radius 2 is 2.08 bits per heavy atom. The zero-order valence-corrected chi connectivity index (χ0v) is 20.7. The fourth-order valence-corrected chi connectivity index (χ4v) is 5.18. The van der Waals surface area contributed by atoms with Gasteiger partial charge in [-0.3, -0.25) is 19.4 Å². The summed E-state index contributed by atoms with van der Waals surface area (Å²) in [6, 6.07) is 12.8. The molecule has 2 aromatic heterocycles. The molecule has 3 N–H and O–H groups in total. The Morgan fingerprint density at radius 3 is 2.95 bits per heavy atom. The number of hydrogen-bond donors (Lipinski definition) is 3. The smallest absolute Gasteiger partial charge is 0.305 e. The molecule has 1 fully saturated rings. The number of carboxylic acid groups (broad SMARTS) is 1. The van der Waals surface area contributed by atoms with Gasteiger partial charge in [-0.25, -0.2) is 4.98 Å². The number of fused-ring (bicyclic) bond motifs is 2. The predicted molar refractivity (Wildman–Crippen MR) is 139 cm³/mol. The molecule has 2 aliphatic rings. The van der Waals surface area contributed by atoms with E-state index in [0.29, 0.717) is 31.4 Å². The van der Waals surface area contributed by atoms with Crippen LogP contribution in [0.15, 0.2) is 48.7 Å². The molecule has 4 heterocycles. The lowest BCUT2D eigenvalue weighted by Gasteiger charge is -2.21. The van der Waals surface area contributed by atoms with Gasteiger partial charge in [-0.15, -0.1) is 0 Å². The molecule has 37 heavy (non-hydrogen) atoms. The molecule has 1 unspecified atom stereocenters. The van der Waals surface area contributed by atoms with Crippen molar-refractivity contribution in [3.05, 3.63) is 65.5 Å². The van der Waals surface area contributed by atoms with Crippen LogP contribution in [0.3, 0.4) is 0 Å². The van der Waals surface area contributed by atoms with E-state index in [1.54, 1.807) is 11.1 Å². The molecule has 0 spiro atoms. The van der Waals surface area contributed by atoms with Gasteiger partial charge in [0.25, 0.3) is 0 Å². The molecule has 9 heteroatoms. The Kier molecular flexibility index (Phi) is 7.30. The standard InChI is InChI=1S/C28H31N5O4/c34-25(32-24(15-26(35)36)21-14-20-4-1-2-6-23(20)30-16-21)17-33-13-11-19(28(33)37)8-10-22-9-7-18-5-3-12-29-27(18)31-22/h1-2,4,6-7,9,14,16,19,24H,3,5,8,10-13,15,17H2,(H,29,31)(H,32,34)(H,35,36)/t19?,24-/m0/s1. The van der Waals surface area contributed by atoms with Crippen molar-refractivity contribution in [1.29, 1.82) is 0 Å². The number of nitrogens with one attached hydrogen (secondary N) is 2. The van der Waals surface area contributed by atoms with Crippen molar-refractivity contribution in [2.24, 2.45) is 5.92 Å². The van der Waals surface area contributed by atoms with Crippen molar-refractivity contribution in [2.45, 2.75) is 44.6 Å². The second kappa shape index (κ2) is 10.9. The third kappa shape index (κ3) is 5.87. The lowest BCUT2D eigenvalue weighted by molar-refractivity contribution is -0.138. The van der Waals surface area contributed by atoms with Gasteiger partial charge >= 0.3 is 5.97 Å². The molecule has 3 aromatic rings. The topological polar surface area (TPSA) is 125 Å². The highest BCUT2D eigenvalue weighted by Gasteiger charge is 2.33. The van der Waals surface area contributed by atoms with E-state index in [0.717, 1.165) is 41.8 Å². The molecule has 9 nitrogen and oxygen atoms in total. The molecule has 0 bridgehead atoms. The number of aromatic nitrogens is 2. The summed E-state index contributed by atoms with van der Waals surface area (Å²) in [5, 5.41) is 16.4. The number of aliphatic carboxylic acids is 1. The van der Waals surface area contributed by atoms with E-state index < -0.39 is 12.0 Å². The zero-order valence-electron chi connectivity index (χ0n) is 20.7. The van der Waals surface area contributed by atoms with Crippen LogP contribution in [0.1, 0.15) is 48.5 Å². The van der Waals surface area contributed by atoms with Crippen LogP contribution in [0.25, 0.3) is 10.9 Å². The Morgan fingerprint density at radius 1 is 1.22 bits per heavy atom. The van der Waals surface area contributed by atoms with Crippen molar-refractivity contribution >= 4 is 34.5 Å². The first-order valence-corrected chi connectivity index (χ1v) is 12.8. The number of nitrogens with zero attached hydrogens (tertiary/aromatic N) is 3. The number of anilines is 1. The number of rotatable bonds is 9. The van der Waals surface area contributed by atoms with Crippen LogP contribution < -0.4 is 10.6 Å². The lowest BCUT2D eigenvalue weighted by atomic mass is 9.99. The molecule has 0 aliphatic carbocycles. The second-order valence-corrected chi connectivity index (χ2v) is 9.80. The van der Waals surface area contributed by atoms with Gasteiger partial charge in [-0.05, 0) is 61.4 Å². The third-order valence-corrected chi connectivity index (χ3v) is 7.17. The van der Waals surface area contributed by atoms with Gasteiger partial charge in [0, 0.05) is 36.3 Å². The molecule has 0 radical (unpaired) electrons. The number of carboxylic acids is 1. The van der Waals surface area contributed by atoms with Crippen molar-refractivity contribution in [3.8, 4) is 0 Å². The number of carbonyl (C=O) groups is 3. The van der Waals surface area contributed by atoms with E-state index >= 15 is 0 Å². The van der Waals surface area contributed by atoms with Gasteiger partial charge < -0.3 is 20.6 Å². The number of amides is 2. The van der Waals surface area contributed by atoms with E-state index in [1.807, 2.05) is 36.4 Å². The predicted octanol–water partition coefficient (Wildman–Crippen LogP) is 3.10. The average Bonchev–Trinajstić information content (AvgIpc) is 3.25. The minimum atomic E-state index is -1.03. The summed E-state index contributed by atoms with van der Waals surface area (Å²) in [5.41, 5.74) is 3.62. The first kappa shape index (κ1) is 24.7. The van der Waals surface area contributed by atoms with E-state index in [-0.39, 0.29) is 30.7 Å². The SMILES string of the molecule is O=C(O)C[C@H](NC(=O)CN1CCC(CCc2ccc3c(n2)NCCC3)C1=O)c1cnc2ccccc2c1. The fraction of sp³-hybridized carbons (Fsp3) is 0.393. The Hall–Kier alpha value is -4.01. The normalized spacial score (nSPS) is 17.8. The minimum absolute atomic E-state index is 0.0339. The lowest BCUT2D eigenvalue weighted by Crippen LogP contribution is -2.40. The molecular formula is C28H31N5O4. The van der Waals surface area contributed by atoms with Gasteiger partial charge in [-0.2, -0.15) is 0 Å². The molecule has 5 rings (SSSR count). The highest BCUT2D eigenvalue weighted by atomic mass is 16.4. The highest BCUT2D eigenvalue weighted by molar-refractivity contribution is 5.88. The number of pyridine rings is 2. The van der Waals surface area contributed by atoms with Crippen LogP contribution in [0.4, 0.5) is 5.82 Å². The van der Waals surface area contributed by atoms with E-state index in [4.69, 9.17) is 4.98 Å². The van der Waals surface area contributed by atoms with Crippen molar-refractivity contribution in [1.82, 2.24) is 20.2 Å². The first-order chi connectivity index (χ1) is 18.0. The van der Waals surface area contributed by atoms with Crippen molar-refractivity contribution < 1.29 is 19.5 Å². The van der Waals surface area contributed by atoms with Gasteiger partial charge in [0.2, 0.25) is 11.8 Å². The van der Waals surface area contributed by atoms with Crippen molar-refractivity contribution in [2.75, 3.05) is 25.0 Å². The number of carbonyl (C=O) groups excluding carboxylic acids is 2. The molecular weight excluding hydrogens is 470 g/mol. The fourth-order valence-electron chi connectivity index (χ4n) is 5.18. The van der Waals surface area contributed by atoms with E-state index in [9.17, 15) is 19.5 Å². The van der Waals surface area contributed by atoms with Gasteiger partial charge in [-0.1, -0.05) is 24.3 Å². The summed E-state index contributed by atoms with van der Waals surface area (Å²) >= 11 is 0. The summed E-state index contributed by atoms with van der Waals surface area (Å²) in [6.45, 7) is 1.36. The van der Waals surface area contributed by atoms with Gasteiger partial charge in [0.15, 0.2) is 0 Å². The molecule has 1 aromatic carbocycles. The number of likely N-dealkylation sites (tertiary alicyclic amines) is 1. The van der Waals surface area contributed by atoms with Crippen LogP contribution in [0.2, 0.25) is 0 Å². The zero-order chi connectivity index (χ0) is 25.8. The molecule has 2 aliphatic heterocycles. The Labute approximate surface area is 215 Å². The van der Waals surface area contributed by atoms with E-state index in [2.05, 4.69) is 21.7 Å². The van der Waals surface area contributed by atoms with Crippen LogP contribution in [0, 0.1) is 5.92 Å². The van der Waals surface area contributed by atoms with Crippen LogP contribution in [0.5, 0.6) is 0 Å². The highest BCUT2D eigenvalue weighted by Crippen LogP contribution is 2.25. The average molecular weight is 502 g/mol. The number of benzene rings is 1. The maximum atomic E-state index is 13.0. The minimum Gasteiger partial charge on any atom is -0.481 e. The third-order valence-electron chi connectivity index (χ3n) is 7.17. The molecule has 2 amide bonds. The number of aryl methyl sites for hydroxylation is 2. The first-order valence-electron chi connectivity index (χ1n) is 12.8. The summed E-state index contributed by atoms with van der Waals surface area (Å²) in [4.78, 5) is 48.0. The molecule has 2 atom stereocenters. The summed E-state index contributed by atoms with van der Waals surface area (Å²) < 4.78 is 0. The molecule has 0 saturated carbocycles. The summed E-state index contributed by atoms with van der Waals surface area (Å²) in [6.07, 6.45) is 5.57. The largest absolute Gasteiger partial charge is 0.481 e. The van der Waals surface area contributed by atoms with E-state index in [1.165, 1.54) is 5.56 Å². The number of hydrogen-bond acceptors (Lipinski definition) is 6.